The Hall–Kier alpha value is -1.62. The van der Waals surface area contributed by atoms with Crippen LogP contribution in [0, 0.1) is 19.3 Å². The molecule has 2 aromatic rings. The molecule has 0 aromatic carbocycles. The first-order valence-electron chi connectivity index (χ1n) is 8.00. The highest BCUT2D eigenvalue weighted by Gasteiger charge is 2.23. The van der Waals surface area contributed by atoms with Gasteiger partial charge in [0.2, 0.25) is 0 Å². The number of rotatable bonds is 6. The van der Waals surface area contributed by atoms with Crippen molar-refractivity contribution in [2.45, 2.75) is 61.1 Å². The Labute approximate surface area is 132 Å². The zero-order valence-corrected chi connectivity index (χ0v) is 14.7. The van der Waals surface area contributed by atoms with E-state index in [1.165, 1.54) is 0 Å². The van der Waals surface area contributed by atoms with E-state index in [2.05, 4.69) is 37.2 Å². The number of nitrogens with two attached hydrogens (primary N) is 1. The summed E-state index contributed by atoms with van der Waals surface area (Å²) in [5.74, 6) is 1.43. The molecular weight excluding hydrogens is 276 g/mol. The first-order valence-corrected chi connectivity index (χ1v) is 8.00. The number of ether oxygens (including phenoxy) is 1. The molecule has 0 saturated carbocycles. The van der Waals surface area contributed by atoms with E-state index in [1.54, 1.807) is 0 Å². The largest absolute Gasteiger partial charge is 0.382 e. The summed E-state index contributed by atoms with van der Waals surface area (Å²) in [6.07, 6.45) is 1.10. The van der Waals surface area contributed by atoms with Crippen LogP contribution in [0.2, 0.25) is 0 Å². The molecular formula is C17H28N4O. The highest BCUT2D eigenvalue weighted by atomic mass is 16.5. The Morgan fingerprint density at radius 2 is 1.86 bits per heavy atom. The van der Waals surface area contributed by atoms with Gasteiger partial charge in [0.05, 0.1) is 5.52 Å². The van der Waals surface area contributed by atoms with Gasteiger partial charge in [0.15, 0.2) is 5.82 Å². The van der Waals surface area contributed by atoms with E-state index in [0.29, 0.717) is 19.0 Å². The van der Waals surface area contributed by atoms with E-state index < -0.39 is 0 Å². The summed E-state index contributed by atoms with van der Waals surface area (Å²) >= 11 is 0. The minimum absolute atomic E-state index is 0.187. The Bertz CT molecular complexity index is 673. The lowest BCUT2D eigenvalue weighted by Crippen LogP contribution is -2.21. The molecule has 2 N–H and O–H groups in total. The van der Waals surface area contributed by atoms with Crippen LogP contribution in [-0.4, -0.2) is 21.1 Å². The second-order valence-electron chi connectivity index (χ2n) is 6.67. The molecule has 0 radical (unpaired) electrons. The molecule has 5 nitrogen and oxygen atoms in total. The van der Waals surface area contributed by atoms with Crippen LogP contribution in [0.4, 0.5) is 5.82 Å². The number of fused-ring (bicyclic) bond motifs is 1. The Balaban J connectivity index is 2.66. The molecule has 0 unspecified atom stereocenters. The van der Waals surface area contributed by atoms with Gasteiger partial charge in [-0.15, -0.1) is 0 Å². The zero-order valence-electron chi connectivity index (χ0n) is 14.7. The fourth-order valence-corrected chi connectivity index (χ4v) is 2.56. The first kappa shape index (κ1) is 16.7. The lowest BCUT2D eigenvalue weighted by Gasteiger charge is -2.25. The van der Waals surface area contributed by atoms with Crippen LogP contribution in [0.3, 0.4) is 0 Å². The van der Waals surface area contributed by atoms with Gasteiger partial charge < -0.3 is 15.0 Å². The van der Waals surface area contributed by atoms with Crippen LogP contribution >= 0.6 is 0 Å². The highest BCUT2D eigenvalue weighted by molar-refractivity contribution is 5.88. The second kappa shape index (κ2) is 6.24. The van der Waals surface area contributed by atoms with Gasteiger partial charge in [-0.3, -0.25) is 0 Å². The standard InChI is InChI=1S/C17H28N4O/c1-7-17(5,6)10-21-13(9-22-8-2)20-14-15(21)11(3)12(4)19-16(14)18/h7-10H2,1-6H3,(H2,18,19). The van der Waals surface area contributed by atoms with Crippen molar-refractivity contribution in [1.82, 2.24) is 14.5 Å². The van der Waals surface area contributed by atoms with Crippen molar-refractivity contribution in [3.8, 4) is 0 Å². The minimum Gasteiger partial charge on any atom is -0.382 e. The van der Waals surface area contributed by atoms with E-state index in [-0.39, 0.29) is 5.41 Å². The lowest BCUT2D eigenvalue weighted by molar-refractivity contribution is 0.123. The van der Waals surface area contributed by atoms with Crippen molar-refractivity contribution in [2.24, 2.45) is 5.41 Å². The van der Waals surface area contributed by atoms with Crippen molar-refractivity contribution in [3.63, 3.8) is 0 Å². The van der Waals surface area contributed by atoms with Crippen LogP contribution in [0.1, 0.15) is 51.2 Å². The molecule has 122 valence electrons. The topological polar surface area (TPSA) is 66.0 Å². The van der Waals surface area contributed by atoms with Crippen molar-refractivity contribution in [3.05, 3.63) is 17.1 Å². The third-order valence-corrected chi connectivity index (χ3v) is 4.45. The molecule has 0 fully saturated rings. The Kier molecular flexibility index (Phi) is 4.75. The van der Waals surface area contributed by atoms with Gasteiger partial charge in [-0.1, -0.05) is 20.8 Å². The third kappa shape index (κ3) is 3.09. The molecule has 0 spiro atoms. The molecule has 2 aromatic heterocycles. The summed E-state index contributed by atoms with van der Waals surface area (Å²) in [7, 11) is 0. The number of pyridine rings is 1. The molecule has 0 bridgehead atoms. The number of nitrogens with zero attached hydrogens (tertiary/aromatic N) is 3. The van der Waals surface area contributed by atoms with Crippen molar-refractivity contribution in [1.29, 1.82) is 0 Å². The number of aryl methyl sites for hydroxylation is 2. The molecule has 0 saturated heterocycles. The highest BCUT2D eigenvalue weighted by Crippen LogP contribution is 2.30. The number of aromatic nitrogens is 3. The summed E-state index contributed by atoms with van der Waals surface area (Å²) in [5, 5.41) is 0. The molecule has 0 atom stereocenters. The summed E-state index contributed by atoms with van der Waals surface area (Å²) in [6, 6.07) is 0. The fraction of sp³-hybridized carbons (Fsp3) is 0.647. The van der Waals surface area contributed by atoms with Gasteiger partial charge in [0.25, 0.3) is 0 Å². The predicted octanol–water partition coefficient (Wildman–Crippen LogP) is 3.60. The second-order valence-corrected chi connectivity index (χ2v) is 6.67. The number of imidazole rings is 1. The van der Waals surface area contributed by atoms with Gasteiger partial charge in [-0.2, -0.15) is 0 Å². The van der Waals surface area contributed by atoms with Crippen LogP contribution in [-0.2, 0) is 17.9 Å². The van der Waals surface area contributed by atoms with Crippen molar-refractivity contribution >= 4 is 16.9 Å². The quantitative estimate of drug-likeness (QED) is 0.885. The average molecular weight is 304 g/mol. The van der Waals surface area contributed by atoms with Crippen LogP contribution in [0.25, 0.3) is 11.0 Å². The van der Waals surface area contributed by atoms with E-state index in [1.807, 2.05) is 13.8 Å². The molecule has 5 heteroatoms. The summed E-state index contributed by atoms with van der Waals surface area (Å²) in [5.41, 5.74) is 10.3. The molecule has 0 aliphatic heterocycles. The van der Waals surface area contributed by atoms with E-state index in [4.69, 9.17) is 15.5 Å². The predicted molar refractivity (Wildman–Crippen MR) is 90.8 cm³/mol. The number of anilines is 1. The van der Waals surface area contributed by atoms with Crippen LogP contribution in [0.5, 0.6) is 0 Å². The first-order chi connectivity index (χ1) is 10.3. The van der Waals surface area contributed by atoms with Crippen molar-refractivity contribution in [2.75, 3.05) is 12.3 Å². The van der Waals surface area contributed by atoms with E-state index in [9.17, 15) is 0 Å². The van der Waals surface area contributed by atoms with E-state index in [0.717, 1.165) is 41.1 Å². The van der Waals surface area contributed by atoms with Gasteiger partial charge in [-0.05, 0) is 38.2 Å². The molecule has 0 amide bonds. The van der Waals surface area contributed by atoms with Gasteiger partial charge in [0, 0.05) is 18.8 Å². The fourth-order valence-electron chi connectivity index (χ4n) is 2.56. The van der Waals surface area contributed by atoms with Crippen LogP contribution in [0.15, 0.2) is 0 Å². The monoisotopic (exact) mass is 304 g/mol. The maximum absolute atomic E-state index is 6.11. The SMILES string of the molecule is CCOCc1nc2c(N)nc(C)c(C)c2n1CC(C)(C)CC. The normalized spacial score (nSPS) is 12.3. The van der Waals surface area contributed by atoms with Crippen LogP contribution < -0.4 is 5.73 Å². The summed E-state index contributed by atoms with van der Waals surface area (Å²) < 4.78 is 7.88. The molecule has 2 rings (SSSR count). The zero-order chi connectivity index (χ0) is 16.5. The van der Waals surface area contributed by atoms with Gasteiger partial charge in [-0.25, -0.2) is 9.97 Å². The summed E-state index contributed by atoms with van der Waals surface area (Å²) in [4.78, 5) is 9.13. The molecule has 2 heterocycles. The Morgan fingerprint density at radius 1 is 1.18 bits per heavy atom. The smallest absolute Gasteiger partial charge is 0.151 e. The molecule has 22 heavy (non-hydrogen) atoms. The van der Waals surface area contributed by atoms with Gasteiger partial charge in [0.1, 0.15) is 17.9 Å². The Morgan fingerprint density at radius 3 is 2.45 bits per heavy atom. The van der Waals surface area contributed by atoms with Gasteiger partial charge >= 0.3 is 0 Å². The average Bonchev–Trinajstić information content (AvgIpc) is 2.81. The summed E-state index contributed by atoms with van der Waals surface area (Å²) in [6.45, 7) is 14.9. The van der Waals surface area contributed by atoms with Crippen molar-refractivity contribution < 1.29 is 4.74 Å². The number of hydrogen-bond acceptors (Lipinski definition) is 4. The van der Waals surface area contributed by atoms with E-state index >= 15 is 0 Å². The number of nitrogen functional groups attached to an aromatic ring is 1. The minimum atomic E-state index is 0.187. The lowest BCUT2D eigenvalue weighted by atomic mass is 9.90. The third-order valence-electron chi connectivity index (χ3n) is 4.45. The maximum Gasteiger partial charge on any atom is 0.151 e. The maximum atomic E-state index is 6.11. The molecule has 0 aliphatic carbocycles. The molecule has 0 aliphatic rings. The number of hydrogen-bond donors (Lipinski definition) is 1.